The van der Waals surface area contributed by atoms with Crippen LogP contribution in [0.5, 0.6) is 0 Å². The normalized spacial score (nSPS) is 10.4. The average molecular weight is 188 g/mol. The third kappa shape index (κ3) is 1.48. The van der Waals surface area contributed by atoms with Crippen molar-refractivity contribution in [3.63, 3.8) is 0 Å². The fourth-order valence-corrected chi connectivity index (χ4v) is 1.39. The first-order valence-electron chi connectivity index (χ1n) is 4.46. The second kappa shape index (κ2) is 3.18. The second-order valence-corrected chi connectivity index (χ2v) is 3.32. The standard InChI is InChI=1S/C11H12N2O/c1-7-3-4-9(12)5-10(7)11-6-13-8(2)14-11/h3-6H,12H2,1-2H3. The van der Waals surface area contributed by atoms with Crippen LogP contribution in [-0.4, -0.2) is 4.98 Å². The highest BCUT2D eigenvalue weighted by Gasteiger charge is 2.06. The van der Waals surface area contributed by atoms with E-state index in [1.54, 1.807) is 6.20 Å². The molecule has 1 aromatic carbocycles. The van der Waals surface area contributed by atoms with Gasteiger partial charge < -0.3 is 10.2 Å². The van der Waals surface area contributed by atoms with Crippen LogP contribution in [-0.2, 0) is 0 Å². The van der Waals surface area contributed by atoms with Crippen LogP contribution >= 0.6 is 0 Å². The van der Waals surface area contributed by atoms with E-state index in [-0.39, 0.29) is 0 Å². The summed E-state index contributed by atoms with van der Waals surface area (Å²) in [6, 6.07) is 5.75. The number of aryl methyl sites for hydroxylation is 2. The maximum atomic E-state index is 5.71. The molecule has 2 N–H and O–H groups in total. The fraction of sp³-hybridized carbons (Fsp3) is 0.182. The molecule has 3 heteroatoms. The van der Waals surface area contributed by atoms with Crippen LogP contribution in [0.15, 0.2) is 28.8 Å². The lowest BCUT2D eigenvalue weighted by molar-refractivity contribution is 0.534. The summed E-state index contributed by atoms with van der Waals surface area (Å²) in [5.74, 6) is 1.44. The topological polar surface area (TPSA) is 52.0 Å². The van der Waals surface area contributed by atoms with Crippen LogP contribution in [0.4, 0.5) is 5.69 Å². The van der Waals surface area contributed by atoms with Crippen LogP contribution in [0.25, 0.3) is 11.3 Å². The Hall–Kier alpha value is -1.77. The lowest BCUT2D eigenvalue weighted by Gasteiger charge is -2.02. The SMILES string of the molecule is Cc1ncc(-c2cc(N)ccc2C)o1. The third-order valence-corrected chi connectivity index (χ3v) is 2.15. The van der Waals surface area contributed by atoms with E-state index in [4.69, 9.17) is 10.2 Å². The predicted octanol–water partition coefficient (Wildman–Crippen LogP) is 2.54. The van der Waals surface area contributed by atoms with Crippen molar-refractivity contribution in [2.75, 3.05) is 5.73 Å². The van der Waals surface area contributed by atoms with Crippen molar-refractivity contribution in [1.29, 1.82) is 0 Å². The molecular formula is C11H12N2O. The molecule has 2 aromatic rings. The number of benzene rings is 1. The van der Waals surface area contributed by atoms with Gasteiger partial charge in [0.25, 0.3) is 0 Å². The van der Waals surface area contributed by atoms with Gasteiger partial charge in [0.05, 0.1) is 6.20 Å². The van der Waals surface area contributed by atoms with Crippen molar-refractivity contribution < 1.29 is 4.42 Å². The van der Waals surface area contributed by atoms with Crippen molar-refractivity contribution in [3.8, 4) is 11.3 Å². The molecule has 0 amide bonds. The number of nitrogen functional groups attached to an aromatic ring is 1. The van der Waals surface area contributed by atoms with Gasteiger partial charge in [0, 0.05) is 18.2 Å². The minimum atomic E-state index is 0.668. The van der Waals surface area contributed by atoms with E-state index in [9.17, 15) is 0 Å². The van der Waals surface area contributed by atoms with Crippen LogP contribution in [0, 0.1) is 13.8 Å². The minimum absolute atomic E-state index is 0.668. The molecule has 0 unspecified atom stereocenters. The molecule has 0 saturated heterocycles. The maximum Gasteiger partial charge on any atom is 0.191 e. The lowest BCUT2D eigenvalue weighted by Crippen LogP contribution is -1.87. The molecule has 0 aliphatic carbocycles. The number of hydrogen-bond acceptors (Lipinski definition) is 3. The summed E-state index contributed by atoms with van der Waals surface area (Å²) in [5.41, 5.74) is 8.59. The molecule has 1 aromatic heterocycles. The summed E-state index contributed by atoms with van der Waals surface area (Å²) in [6.45, 7) is 3.84. The number of aromatic nitrogens is 1. The monoisotopic (exact) mass is 188 g/mol. The molecule has 0 atom stereocenters. The quantitative estimate of drug-likeness (QED) is 0.699. The van der Waals surface area contributed by atoms with Gasteiger partial charge in [-0.2, -0.15) is 0 Å². The van der Waals surface area contributed by atoms with Gasteiger partial charge in [-0.25, -0.2) is 4.98 Å². The van der Waals surface area contributed by atoms with Gasteiger partial charge in [-0.1, -0.05) is 6.07 Å². The van der Waals surface area contributed by atoms with E-state index in [1.807, 2.05) is 32.0 Å². The zero-order valence-electron chi connectivity index (χ0n) is 8.24. The summed E-state index contributed by atoms with van der Waals surface area (Å²) in [6.07, 6.45) is 1.72. The van der Waals surface area contributed by atoms with Crippen LogP contribution < -0.4 is 5.73 Å². The number of nitrogens with two attached hydrogens (primary N) is 1. The molecule has 14 heavy (non-hydrogen) atoms. The number of anilines is 1. The third-order valence-electron chi connectivity index (χ3n) is 2.15. The molecule has 0 bridgehead atoms. The van der Waals surface area contributed by atoms with E-state index in [0.29, 0.717) is 5.89 Å². The molecule has 0 fully saturated rings. The van der Waals surface area contributed by atoms with E-state index < -0.39 is 0 Å². The van der Waals surface area contributed by atoms with Gasteiger partial charge in [-0.15, -0.1) is 0 Å². The van der Waals surface area contributed by atoms with E-state index in [0.717, 1.165) is 22.6 Å². The van der Waals surface area contributed by atoms with Crippen molar-refractivity contribution >= 4 is 5.69 Å². The first-order valence-corrected chi connectivity index (χ1v) is 4.46. The molecule has 0 aliphatic heterocycles. The Balaban J connectivity index is 2.55. The van der Waals surface area contributed by atoms with Gasteiger partial charge in [0.1, 0.15) is 0 Å². The highest BCUT2D eigenvalue weighted by atomic mass is 16.4. The van der Waals surface area contributed by atoms with Crippen molar-refractivity contribution in [1.82, 2.24) is 4.98 Å². The summed E-state index contributed by atoms with van der Waals surface area (Å²) >= 11 is 0. The van der Waals surface area contributed by atoms with Crippen LogP contribution in [0.1, 0.15) is 11.5 Å². The molecular weight excluding hydrogens is 176 g/mol. The van der Waals surface area contributed by atoms with Crippen molar-refractivity contribution in [2.45, 2.75) is 13.8 Å². The van der Waals surface area contributed by atoms with Gasteiger partial charge >= 0.3 is 0 Å². The molecule has 1 heterocycles. The fourth-order valence-electron chi connectivity index (χ4n) is 1.39. The molecule has 0 spiro atoms. The van der Waals surface area contributed by atoms with Gasteiger partial charge in [-0.3, -0.25) is 0 Å². The average Bonchev–Trinajstić information content (AvgIpc) is 2.56. The van der Waals surface area contributed by atoms with Crippen LogP contribution in [0.3, 0.4) is 0 Å². The molecule has 0 saturated carbocycles. The Morgan fingerprint density at radius 1 is 1.29 bits per heavy atom. The Labute approximate surface area is 82.6 Å². The zero-order valence-corrected chi connectivity index (χ0v) is 8.24. The summed E-state index contributed by atoms with van der Waals surface area (Å²) in [7, 11) is 0. The lowest BCUT2D eigenvalue weighted by atomic mass is 10.1. The Kier molecular flexibility index (Phi) is 2.00. The van der Waals surface area contributed by atoms with Crippen molar-refractivity contribution in [2.24, 2.45) is 0 Å². The van der Waals surface area contributed by atoms with E-state index in [1.165, 1.54) is 0 Å². The first-order chi connectivity index (χ1) is 6.66. The molecule has 0 aliphatic rings. The summed E-state index contributed by atoms with van der Waals surface area (Å²) < 4.78 is 5.44. The minimum Gasteiger partial charge on any atom is -0.441 e. The second-order valence-electron chi connectivity index (χ2n) is 3.32. The van der Waals surface area contributed by atoms with Gasteiger partial charge in [0.2, 0.25) is 0 Å². The Morgan fingerprint density at radius 2 is 2.07 bits per heavy atom. The smallest absolute Gasteiger partial charge is 0.191 e. The first kappa shape index (κ1) is 8.81. The van der Waals surface area contributed by atoms with Gasteiger partial charge in [0.15, 0.2) is 11.7 Å². The highest BCUT2D eigenvalue weighted by molar-refractivity contribution is 5.66. The van der Waals surface area contributed by atoms with Crippen LogP contribution in [0.2, 0.25) is 0 Å². The van der Waals surface area contributed by atoms with Crippen molar-refractivity contribution in [3.05, 3.63) is 35.9 Å². The summed E-state index contributed by atoms with van der Waals surface area (Å²) in [4.78, 5) is 4.06. The molecule has 72 valence electrons. The number of hydrogen-bond donors (Lipinski definition) is 1. The predicted molar refractivity (Wildman–Crippen MR) is 55.8 cm³/mol. The van der Waals surface area contributed by atoms with Gasteiger partial charge in [-0.05, 0) is 24.6 Å². The molecule has 0 radical (unpaired) electrons. The van der Waals surface area contributed by atoms with E-state index >= 15 is 0 Å². The summed E-state index contributed by atoms with van der Waals surface area (Å²) in [5, 5.41) is 0. The highest BCUT2D eigenvalue weighted by Crippen LogP contribution is 2.25. The maximum absolute atomic E-state index is 5.71. The number of rotatable bonds is 1. The number of nitrogens with zero attached hydrogens (tertiary/aromatic N) is 1. The number of oxazole rings is 1. The Bertz CT molecular complexity index is 460. The van der Waals surface area contributed by atoms with E-state index in [2.05, 4.69) is 4.98 Å². The molecule has 3 nitrogen and oxygen atoms in total. The zero-order chi connectivity index (χ0) is 10.1. The largest absolute Gasteiger partial charge is 0.441 e. The Morgan fingerprint density at radius 3 is 2.71 bits per heavy atom. The molecule has 2 rings (SSSR count).